The number of para-hydroxylation sites is 2. The van der Waals surface area contributed by atoms with E-state index in [0.717, 1.165) is 11.4 Å². The summed E-state index contributed by atoms with van der Waals surface area (Å²) in [6, 6.07) is 60.5. The van der Waals surface area contributed by atoms with E-state index >= 15 is 0 Å². The van der Waals surface area contributed by atoms with Gasteiger partial charge in [0.2, 0.25) is 0 Å². The molecule has 0 bridgehead atoms. The minimum atomic E-state index is -0.0256. The zero-order valence-corrected chi connectivity index (χ0v) is 43.8. The van der Waals surface area contributed by atoms with Crippen molar-refractivity contribution in [3.8, 4) is 0 Å². The highest BCUT2D eigenvalue weighted by Gasteiger charge is 2.30. The number of fused-ring (bicyclic) bond motifs is 12. The number of anilines is 6. The van der Waals surface area contributed by atoms with Gasteiger partial charge in [0.05, 0.1) is 44.5 Å². The van der Waals surface area contributed by atoms with Gasteiger partial charge in [-0.25, -0.2) is 0 Å². The van der Waals surface area contributed by atoms with E-state index in [1.165, 1.54) is 143 Å². The third kappa shape index (κ3) is 6.30. The molecule has 0 saturated heterocycles. The zero-order valence-electron chi connectivity index (χ0n) is 43.8. The van der Waals surface area contributed by atoms with Gasteiger partial charge in [-0.15, -0.1) is 0 Å². The number of benzene rings is 9. The van der Waals surface area contributed by atoms with E-state index in [1.54, 1.807) is 0 Å². The molecule has 0 aliphatic heterocycles. The molecule has 0 fully saturated rings. The third-order valence-corrected chi connectivity index (χ3v) is 16.5. The van der Waals surface area contributed by atoms with Gasteiger partial charge in [-0.3, -0.25) is 0 Å². The van der Waals surface area contributed by atoms with Gasteiger partial charge in [0.25, 0.3) is 0 Å². The highest BCUT2D eigenvalue weighted by molar-refractivity contribution is 6.32. The Kier molecular flexibility index (Phi) is 9.41. The molecule has 13 aromatic rings. The van der Waals surface area contributed by atoms with Crippen LogP contribution >= 0.6 is 0 Å². The van der Waals surface area contributed by atoms with Crippen LogP contribution in [0.4, 0.5) is 34.1 Å². The van der Waals surface area contributed by atoms with Crippen LogP contribution in [0, 0.1) is 41.5 Å². The first-order chi connectivity index (χ1) is 34.5. The van der Waals surface area contributed by atoms with Crippen LogP contribution in [0.25, 0.3) is 76.2 Å². The molecular formula is C68H62N4. The number of hydrogen-bond donors (Lipinski definition) is 0. The van der Waals surface area contributed by atoms with Gasteiger partial charge >= 0.3 is 0 Å². The predicted molar refractivity (Wildman–Crippen MR) is 311 cm³/mol. The quantitative estimate of drug-likeness (QED) is 0.165. The summed E-state index contributed by atoms with van der Waals surface area (Å²) in [5, 5.41) is 10.2. The lowest BCUT2D eigenvalue weighted by molar-refractivity contribution is 0.591. The zero-order chi connectivity index (χ0) is 49.9. The van der Waals surface area contributed by atoms with Crippen molar-refractivity contribution in [2.24, 2.45) is 0 Å². The number of aromatic nitrogens is 2. The van der Waals surface area contributed by atoms with E-state index in [0.29, 0.717) is 0 Å². The molecule has 72 heavy (non-hydrogen) atoms. The molecule has 0 saturated carbocycles. The van der Waals surface area contributed by atoms with Crippen LogP contribution in [-0.2, 0) is 10.8 Å². The monoisotopic (exact) mass is 934 g/mol. The summed E-state index contributed by atoms with van der Waals surface area (Å²) in [7, 11) is 0. The molecule has 9 aromatic carbocycles. The van der Waals surface area contributed by atoms with Gasteiger partial charge in [-0.05, 0) is 194 Å². The van der Waals surface area contributed by atoms with Gasteiger partial charge < -0.3 is 18.6 Å². The van der Waals surface area contributed by atoms with Gasteiger partial charge in [0.1, 0.15) is 0 Å². The number of nitrogens with zero attached hydrogens (tertiary/aromatic N) is 4. The first kappa shape index (κ1) is 44.1. The fourth-order valence-electron chi connectivity index (χ4n) is 12.2. The summed E-state index contributed by atoms with van der Waals surface area (Å²) >= 11 is 0. The maximum absolute atomic E-state index is 2.59. The lowest BCUT2D eigenvalue weighted by atomic mass is 9.86. The van der Waals surface area contributed by atoms with Crippen molar-refractivity contribution in [3.63, 3.8) is 0 Å². The van der Waals surface area contributed by atoms with E-state index in [1.807, 2.05) is 0 Å². The van der Waals surface area contributed by atoms with E-state index in [4.69, 9.17) is 0 Å². The Hall–Kier alpha value is -7.82. The molecule has 0 spiro atoms. The molecule has 0 aliphatic carbocycles. The van der Waals surface area contributed by atoms with Gasteiger partial charge in [0.15, 0.2) is 0 Å². The van der Waals surface area contributed by atoms with Crippen LogP contribution in [-0.4, -0.2) is 8.80 Å². The first-order valence-electron chi connectivity index (χ1n) is 25.8. The molecule has 0 radical (unpaired) electrons. The fraction of sp³-hybridized carbons (Fsp3) is 0.206. The molecule has 0 atom stereocenters. The number of rotatable bonds is 6. The normalized spacial score (nSPS) is 12.7. The standard InChI is InChI=1S/C68H62N4/c1-39-31-49(32-40(2)43(39)5)69(47-19-15-13-16-20-47)59-29-25-51-53-37-62-54(38-61(53)71-57-27-23-45(67(7,8)9)35-55(57)63(59)65(51)71)52-26-30-60(64-56-36-46(68(10,11)12)24-28-58(56)72(62)66(52)64)70(48-21-17-14-18-22-48)50-33-41(3)44(6)42(4)34-50/h13-38H,1-12H3. The highest BCUT2D eigenvalue weighted by Crippen LogP contribution is 2.52. The van der Waals surface area contributed by atoms with Crippen molar-refractivity contribution in [2.75, 3.05) is 9.80 Å². The second-order valence-corrected chi connectivity index (χ2v) is 23.0. The average molecular weight is 935 g/mol. The Morgan fingerprint density at radius 2 is 0.681 bits per heavy atom. The smallest absolute Gasteiger partial charge is 0.0641 e. The van der Waals surface area contributed by atoms with Crippen molar-refractivity contribution >= 4 is 110 Å². The molecule has 4 heteroatoms. The van der Waals surface area contributed by atoms with E-state index in [2.05, 4.69) is 259 Å². The highest BCUT2D eigenvalue weighted by atomic mass is 15.2. The van der Waals surface area contributed by atoms with Gasteiger partial charge in [-0.1, -0.05) is 102 Å². The largest absolute Gasteiger partial charge is 0.310 e. The van der Waals surface area contributed by atoms with Crippen LogP contribution in [0.2, 0.25) is 0 Å². The Morgan fingerprint density at radius 3 is 1.03 bits per heavy atom. The van der Waals surface area contributed by atoms with E-state index in [9.17, 15) is 0 Å². The summed E-state index contributed by atoms with van der Waals surface area (Å²) in [4.78, 5) is 4.99. The maximum Gasteiger partial charge on any atom is 0.0641 e. The third-order valence-electron chi connectivity index (χ3n) is 16.5. The Bertz CT molecular complexity index is 4010. The minimum Gasteiger partial charge on any atom is -0.310 e. The molecule has 0 unspecified atom stereocenters. The molecule has 13 rings (SSSR count). The number of hydrogen-bond acceptors (Lipinski definition) is 2. The SMILES string of the molecule is Cc1cc(N(c2ccccc2)c2ccc3c4cc5c(cc4n4c6ccc(C(C)(C)C)cc6c2c34)c2ccc(N(c3ccccc3)c3cc(C)c(C)c(C)c3)c3c4cc(C(C)(C)C)ccc4n5c23)cc(C)c1C. The van der Waals surface area contributed by atoms with Crippen LogP contribution in [0.3, 0.4) is 0 Å². The van der Waals surface area contributed by atoms with Crippen molar-refractivity contribution in [2.45, 2.75) is 93.9 Å². The average Bonchev–Trinajstić information content (AvgIpc) is 4.08. The van der Waals surface area contributed by atoms with Crippen molar-refractivity contribution in [1.82, 2.24) is 8.80 Å². The van der Waals surface area contributed by atoms with Crippen molar-refractivity contribution in [1.29, 1.82) is 0 Å². The lowest BCUT2D eigenvalue weighted by Gasteiger charge is -2.28. The van der Waals surface area contributed by atoms with E-state index < -0.39 is 0 Å². The Morgan fingerprint density at radius 1 is 0.319 bits per heavy atom. The molecule has 4 nitrogen and oxygen atoms in total. The summed E-state index contributed by atoms with van der Waals surface area (Å²) in [6.45, 7) is 27.4. The Labute approximate surface area is 423 Å². The molecular weight excluding hydrogens is 873 g/mol. The number of aryl methyl sites for hydroxylation is 4. The predicted octanol–water partition coefficient (Wildman–Crippen LogP) is 19.4. The summed E-state index contributed by atoms with van der Waals surface area (Å²) in [6.07, 6.45) is 0. The molecule has 4 aromatic heterocycles. The summed E-state index contributed by atoms with van der Waals surface area (Å²) in [5.41, 5.74) is 24.9. The second-order valence-electron chi connectivity index (χ2n) is 23.0. The molecule has 0 N–H and O–H groups in total. The summed E-state index contributed by atoms with van der Waals surface area (Å²) < 4.78 is 5.18. The lowest BCUT2D eigenvalue weighted by Crippen LogP contribution is -2.12. The van der Waals surface area contributed by atoms with Gasteiger partial charge in [0, 0.05) is 65.8 Å². The molecule has 354 valence electrons. The topological polar surface area (TPSA) is 15.3 Å². The van der Waals surface area contributed by atoms with Gasteiger partial charge in [-0.2, -0.15) is 0 Å². The second kappa shape index (κ2) is 15.3. The van der Waals surface area contributed by atoms with E-state index in [-0.39, 0.29) is 10.8 Å². The fourth-order valence-corrected chi connectivity index (χ4v) is 12.2. The maximum atomic E-state index is 2.59. The first-order valence-corrected chi connectivity index (χ1v) is 25.8. The Balaban J connectivity index is 1.16. The molecule has 0 aliphatic rings. The summed E-state index contributed by atoms with van der Waals surface area (Å²) in [5.74, 6) is 0. The van der Waals surface area contributed by atoms with Crippen LogP contribution < -0.4 is 9.80 Å². The minimum absolute atomic E-state index is 0.0256. The van der Waals surface area contributed by atoms with Crippen molar-refractivity contribution in [3.05, 3.63) is 202 Å². The van der Waals surface area contributed by atoms with Crippen LogP contribution in [0.5, 0.6) is 0 Å². The van der Waals surface area contributed by atoms with Crippen LogP contribution in [0.1, 0.15) is 86.1 Å². The molecule has 0 amide bonds. The van der Waals surface area contributed by atoms with Crippen molar-refractivity contribution < 1.29 is 0 Å². The van der Waals surface area contributed by atoms with Crippen LogP contribution in [0.15, 0.2) is 158 Å². The molecule has 4 heterocycles.